The number of rotatable bonds is 3. The minimum atomic E-state index is 0. The summed E-state index contributed by atoms with van der Waals surface area (Å²) in [6.45, 7) is 0. The van der Waals surface area contributed by atoms with Crippen LogP contribution in [0.2, 0.25) is 0 Å². The van der Waals surface area contributed by atoms with Crippen molar-refractivity contribution in [1.29, 1.82) is 0 Å². The zero-order valence-corrected chi connectivity index (χ0v) is 16.1. The first kappa shape index (κ1) is 17.5. The topological polar surface area (TPSA) is 51.6 Å². The first-order chi connectivity index (χ1) is 11.9. The molecule has 1 radical (unpaired) electrons. The maximum atomic E-state index is 4.21. The maximum Gasteiger partial charge on any atom is 0.0267 e. The normalized spacial score (nSPS) is 10.1. The molecular formula is C20H12N4Y-2. The van der Waals surface area contributed by atoms with Gasteiger partial charge in [0.25, 0.3) is 0 Å². The zero-order chi connectivity index (χ0) is 16.2. The molecular weight excluding hydrogens is 385 g/mol. The van der Waals surface area contributed by atoms with Gasteiger partial charge in [0.2, 0.25) is 0 Å². The number of aromatic nitrogens is 4. The van der Waals surface area contributed by atoms with E-state index in [-0.39, 0.29) is 32.7 Å². The van der Waals surface area contributed by atoms with Crippen molar-refractivity contribution in [3.05, 3.63) is 86.0 Å². The Labute approximate surface area is 171 Å². The second kappa shape index (κ2) is 8.19. The Morgan fingerprint density at radius 2 is 1.24 bits per heavy atom. The Kier molecular flexibility index (Phi) is 5.74. The molecule has 0 aliphatic rings. The van der Waals surface area contributed by atoms with Gasteiger partial charge in [0.15, 0.2) is 0 Å². The molecule has 4 aromatic heterocycles. The summed E-state index contributed by atoms with van der Waals surface area (Å²) in [6.07, 6.45) is 16.8. The molecule has 0 bridgehead atoms. The van der Waals surface area contributed by atoms with Gasteiger partial charge in [0, 0.05) is 57.5 Å². The van der Waals surface area contributed by atoms with E-state index in [0.717, 1.165) is 33.4 Å². The van der Waals surface area contributed by atoms with Gasteiger partial charge in [-0.3, -0.25) is 9.97 Å². The van der Waals surface area contributed by atoms with Crippen molar-refractivity contribution in [2.45, 2.75) is 0 Å². The number of hydrogen-bond donors (Lipinski definition) is 0. The SMILES string of the molecule is [Y].[c-]1nccc(-c2ccncc2)c1-c1[c-]nccc1-c1cccnc1. The standard InChI is InChI=1S/C20H12N4.Y/c1-2-16(12-22-7-1)18-6-11-24-14-20(18)19-13-23-10-5-17(19)15-3-8-21-9-4-15;/h1-12H;/q-2;. The minimum Gasteiger partial charge on any atom is -0.371 e. The molecule has 0 saturated carbocycles. The van der Waals surface area contributed by atoms with E-state index in [1.807, 2.05) is 42.6 Å². The van der Waals surface area contributed by atoms with Crippen molar-refractivity contribution in [1.82, 2.24) is 19.9 Å². The summed E-state index contributed by atoms with van der Waals surface area (Å²) in [6, 6.07) is 11.8. The van der Waals surface area contributed by atoms with Crippen LogP contribution in [0.25, 0.3) is 33.4 Å². The number of pyridine rings is 4. The average molecular weight is 397 g/mol. The summed E-state index contributed by atoms with van der Waals surface area (Å²) in [5.41, 5.74) is 5.78. The zero-order valence-electron chi connectivity index (χ0n) is 13.3. The van der Waals surface area contributed by atoms with Crippen LogP contribution in [-0.4, -0.2) is 19.9 Å². The van der Waals surface area contributed by atoms with Crippen LogP contribution < -0.4 is 0 Å². The second-order valence-corrected chi connectivity index (χ2v) is 5.17. The number of nitrogens with zero attached hydrogens (tertiary/aromatic N) is 4. The largest absolute Gasteiger partial charge is 0.371 e. The smallest absolute Gasteiger partial charge is 0.0267 e. The fraction of sp³-hybridized carbons (Fsp3) is 0. The Morgan fingerprint density at radius 1 is 0.600 bits per heavy atom. The molecule has 25 heavy (non-hydrogen) atoms. The van der Waals surface area contributed by atoms with Gasteiger partial charge in [-0.15, -0.1) is 23.3 Å². The van der Waals surface area contributed by atoms with Crippen LogP contribution in [0, 0.1) is 12.4 Å². The van der Waals surface area contributed by atoms with Crippen molar-refractivity contribution in [3.8, 4) is 33.4 Å². The van der Waals surface area contributed by atoms with E-state index in [2.05, 4.69) is 32.3 Å². The van der Waals surface area contributed by atoms with Crippen LogP contribution in [0.4, 0.5) is 0 Å². The summed E-state index contributed by atoms with van der Waals surface area (Å²) in [5, 5.41) is 0. The molecule has 0 aliphatic carbocycles. The monoisotopic (exact) mass is 397 g/mol. The molecule has 5 heteroatoms. The molecule has 0 fully saturated rings. The van der Waals surface area contributed by atoms with E-state index in [1.54, 1.807) is 31.0 Å². The van der Waals surface area contributed by atoms with Crippen LogP contribution >= 0.6 is 0 Å². The van der Waals surface area contributed by atoms with Gasteiger partial charge < -0.3 is 9.97 Å². The quantitative estimate of drug-likeness (QED) is 0.493. The molecule has 4 aromatic rings. The van der Waals surface area contributed by atoms with Gasteiger partial charge in [-0.25, -0.2) is 0 Å². The van der Waals surface area contributed by atoms with Gasteiger partial charge in [0.05, 0.1) is 0 Å². The van der Waals surface area contributed by atoms with Crippen molar-refractivity contribution in [2.75, 3.05) is 0 Å². The van der Waals surface area contributed by atoms with Gasteiger partial charge >= 0.3 is 0 Å². The van der Waals surface area contributed by atoms with E-state index >= 15 is 0 Å². The average Bonchev–Trinajstić information content (AvgIpc) is 2.69. The Morgan fingerprint density at radius 3 is 1.84 bits per heavy atom. The molecule has 4 nitrogen and oxygen atoms in total. The molecule has 0 spiro atoms. The molecule has 0 amide bonds. The van der Waals surface area contributed by atoms with Gasteiger partial charge in [-0.05, 0) is 18.2 Å². The van der Waals surface area contributed by atoms with Crippen molar-refractivity contribution < 1.29 is 32.7 Å². The molecule has 4 heterocycles. The van der Waals surface area contributed by atoms with Crippen molar-refractivity contribution >= 4 is 0 Å². The predicted octanol–water partition coefficient (Wildman–Crippen LogP) is 3.87. The summed E-state index contributed by atoms with van der Waals surface area (Å²) in [7, 11) is 0. The van der Waals surface area contributed by atoms with Crippen LogP contribution in [0.1, 0.15) is 0 Å². The minimum absolute atomic E-state index is 0. The molecule has 0 saturated heterocycles. The van der Waals surface area contributed by atoms with Gasteiger partial charge in [-0.1, -0.05) is 42.0 Å². The fourth-order valence-corrected chi connectivity index (χ4v) is 2.63. The van der Waals surface area contributed by atoms with E-state index in [0.29, 0.717) is 0 Å². The third-order valence-corrected chi connectivity index (χ3v) is 3.74. The van der Waals surface area contributed by atoms with Gasteiger partial charge in [-0.2, -0.15) is 11.1 Å². The Hall–Kier alpha value is -2.30. The third kappa shape index (κ3) is 3.70. The summed E-state index contributed by atoms with van der Waals surface area (Å²) < 4.78 is 0. The summed E-state index contributed by atoms with van der Waals surface area (Å²) in [4.78, 5) is 16.6. The molecule has 117 valence electrons. The first-order valence-corrected chi connectivity index (χ1v) is 7.48. The number of hydrogen-bond acceptors (Lipinski definition) is 4. The summed E-state index contributed by atoms with van der Waals surface area (Å²) in [5.74, 6) is 0. The Balaban J connectivity index is 0.00000182. The van der Waals surface area contributed by atoms with E-state index in [9.17, 15) is 0 Å². The maximum absolute atomic E-state index is 4.21. The molecule has 0 atom stereocenters. The van der Waals surface area contributed by atoms with E-state index < -0.39 is 0 Å². The third-order valence-electron chi connectivity index (χ3n) is 3.74. The van der Waals surface area contributed by atoms with Gasteiger partial charge in [0.1, 0.15) is 0 Å². The van der Waals surface area contributed by atoms with Crippen LogP contribution in [-0.2, 0) is 32.7 Å². The predicted molar refractivity (Wildman–Crippen MR) is 91.6 cm³/mol. The second-order valence-electron chi connectivity index (χ2n) is 5.17. The first-order valence-electron chi connectivity index (χ1n) is 7.48. The van der Waals surface area contributed by atoms with E-state index in [1.165, 1.54) is 0 Å². The van der Waals surface area contributed by atoms with E-state index in [4.69, 9.17) is 0 Å². The van der Waals surface area contributed by atoms with Crippen LogP contribution in [0.3, 0.4) is 0 Å². The molecule has 4 rings (SSSR count). The molecule has 0 aliphatic heterocycles. The molecule has 0 unspecified atom stereocenters. The molecule has 0 aromatic carbocycles. The fourth-order valence-electron chi connectivity index (χ4n) is 2.63. The van der Waals surface area contributed by atoms with Crippen LogP contribution in [0.15, 0.2) is 73.6 Å². The molecule has 0 N–H and O–H groups in total. The van der Waals surface area contributed by atoms with Crippen molar-refractivity contribution in [3.63, 3.8) is 0 Å². The Bertz CT molecular complexity index is 878. The van der Waals surface area contributed by atoms with Crippen LogP contribution in [0.5, 0.6) is 0 Å². The summed E-state index contributed by atoms with van der Waals surface area (Å²) >= 11 is 0. The van der Waals surface area contributed by atoms with Crippen molar-refractivity contribution in [2.24, 2.45) is 0 Å².